The van der Waals surface area contributed by atoms with Gasteiger partial charge in [0.05, 0.1) is 4.90 Å². The highest BCUT2D eigenvalue weighted by atomic mass is 35.5. The summed E-state index contributed by atoms with van der Waals surface area (Å²) in [6.45, 7) is 4.04. The molecule has 5 nitrogen and oxygen atoms in total. The molecule has 3 rings (SSSR count). The van der Waals surface area contributed by atoms with Crippen molar-refractivity contribution in [2.24, 2.45) is 0 Å². The van der Waals surface area contributed by atoms with Crippen LogP contribution in [0.25, 0.3) is 0 Å². The smallest absolute Gasteiger partial charge is 0.261 e. The summed E-state index contributed by atoms with van der Waals surface area (Å²) in [5, 5.41) is 7.14. The van der Waals surface area contributed by atoms with Gasteiger partial charge >= 0.3 is 0 Å². The fourth-order valence-corrected chi connectivity index (χ4v) is 4.21. The minimum atomic E-state index is -3.70. The van der Waals surface area contributed by atoms with Crippen LogP contribution in [0.2, 0.25) is 5.02 Å². The van der Waals surface area contributed by atoms with Crippen LogP contribution in [-0.4, -0.2) is 13.5 Å². The van der Waals surface area contributed by atoms with Gasteiger partial charge in [-0.15, -0.1) is 0 Å². The van der Waals surface area contributed by atoms with E-state index >= 15 is 0 Å². The molecule has 0 fully saturated rings. The number of rotatable bonds is 5. The first-order valence-corrected chi connectivity index (χ1v) is 11.0. The molecule has 3 aromatic carbocycles. The van der Waals surface area contributed by atoms with Crippen LogP contribution in [0.1, 0.15) is 11.1 Å². The number of aryl methyl sites for hydroxylation is 2. The lowest BCUT2D eigenvalue weighted by Gasteiger charge is -2.13. The number of nitrogens with one attached hydrogen (secondary N) is 3. The molecule has 8 heteroatoms. The zero-order chi connectivity index (χ0) is 21.0. The topological polar surface area (TPSA) is 70.2 Å². The maximum Gasteiger partial charge on any atom is 0.261 e. The normalized spacial score (nSPS) is 11.0. The predicted octanol–water partition coefficient (Wildman–Crippen LogP) is 5.57. The average Bonchev–Trinajstić information content (AvgIpc) is 2.63. The minimum Gasteiger partial charge on any atom is -0.332 e. The second-order valence-corrected chi connectivity index (χ2v) is 9.12. The lowest BCUT2D eigenvalue weighted by atomic mass is 10.1. The SMILES string of the molecule is Cc1cc(C)cc(NC(=S)Nc2ccc(S(=O)(=O)Nc3ccc(Cl)cc3)cc2)c1. The van der Waals surface area contributed by atoms with Crippen molar-refractivity contribution in [3.8, 4) is 0 Å². The molecule has 0 spiro atoms. The molecule has 0 saturated carbocycles. The molecule has 0 bridgehead atoms. The first-order chi connectivity index (χ1) is 13.7. The lowest BCUT2D eigenvalue weighted by Crippen LogP contribution is -2.19. The molecule has 0 saturated heterocycles. The van der Waals surface area contributed by atoms with Crippen molar-refractivity contribution in [1.29, 1.82) is 0 Å². The maximum absolute atomic E-state index is 12.5. The fraction of sp³-hybridized carbons (Fsp3) is 0.0952. The summed E-state index contributed by atoms with van der Waals surface area (Å²) in [6.07, 6.45) is 0. The Morgan fingerprint density at radius 2 is 1.31 bits per heavy atom. The molecule has 3 N–H and O–H groups in total. The van der Waals surface area contributed by atoms with Crippen molar-refractivity contribution in [2.45, 2.75) is 18.7 Å². The Morgan fingerprint density at radius 1 is 0.793 bits per heavy atom. The molecule has 0 radical (unpaired) electrons. The van der Waals surface area contributed by atoms with Crippen LogP contribution in [0.3, 0.4) is 0 Å². The number of hydrogen-bond donors (Lipinski definition) is 3. The summed E-state index contributed by atoms with van der Waals surface area (Å²) < 4.78 is 27.6. The van der Waals surface area contributed by atoms with Crippen LogP contribution in [0, 0.1) is 13.8 Å². The molecule has 150 valence electrons. The van der Waals surface area contributed by atoms with E-state index in [0.717, 1.165) is 16.8 Å². The van der Waals surface area contributed by atoms with Crippen molar-refractivity contribution in [2.75, 3.05) is 15.4 Å². The lowest BCUT2D eigenvalue weighted by molar-refractivity contribution is 0.601. The van der Waals surface area contributed by atoms with Crippen molar-refractivity contribution in [1.82, 2.24) is 0 Å². The van der Waals surface area contributed by atoms with Gasteiger partial charge in [-0.2, -0.15) is 0 Å². The molecule has 0 aliphatic carbocycles. The minimum absolute atomic E-state index is 0.145. The zero-order valence-electron chi connectivity index (χ0n) is 15.9. The van der Waals surface area contributed by atoms with E-state index in [4.69, 9.17) is 23.8 Å². The highest BCUT2D eigenvalue weighted by Crippen LogP contribution is 2.20. The van der Waals surface area contributed by atoms with Crippen molar-refractivity contribution in [3.63, 3.8) is 0 Å². The number of thiocarbonyl (C=S) groups is 1. The molecule has 29 heavy (non-hydrogen) atoms. The molecular weight excluding hydrogens is 426 g/mol. The Kier molecular flexibility index (Phi) is 6.42. The maximum atomic E-state index is 12.5. The molecule has 3 aromatic rings. The number of benzene rings is 3. The molecule has 0 atom stereocenters. The van der Waals surface area contributed by atoms with Crippen LogP contribution in [-0.2, 0) is 10.0 Å². The van der Waals surface area contributed by atoms with Crippen LogP contribution < -0.4 is 15.4 Å². The van der Waals surface area contributed by atoms with Gasteiger partial charge in [0.2, 0.25) is 0 Å². The van der Waals surface area contributed by atoms with E-state index in [1.807, 2.05) is 26.0 Å². The Morgan fingerprint density at radius 3 is 1.90 bits per heavy atom. The van der Waals surface area contributed by atoms with Gasteiger partial charge in [0.15, 0.2) is 5.11 Å². The van der Waals surface area contributed by atoms with Crippen LogP contribution >= 0.6 is 23.8 Å². The van der Waals surface area contributed by atoms with Crippen molar-refractivity contribution in [3.05, 3.63) is 82.9 Å². The van der Waals surface area contributed by atoms with E-state index in [9.17, 15) is 8.42 Å². The number of halogens is 1. The van der Waals surface area contributed by atoms with Gasteiger partial charge in [-0.25, -0.2) is 8.42 Å². The van der Waals surface area contributed by atoms with Gasteiger partial charge in [-0.3, -0.25) is 4.72 Å². The van der Waals surface area contributed by atoms with Gasteiger partial charge < -0.3 is 10.6 Å². The van der Waals surface area contributed by atoms with Crippen LogP contribution in [0.4, 0.5) is 17.1 Å². The predicted molar refractivity (Wildman–Crippen MR) is 124 cm³/mol. The van der Waals surface area contributed by atoms with E-state index < -0.39 is 10.0 Å². The molecular formula is C21H20ClN3O2S2. The van der Waals surface area contributed by atoms with Crippen molar-refractivity contribution < 1.29 is 8.42 Å². The van der Waals surface area contributed by atoms with E-state index in [1.165, 1.54) is 12.1 Å². The van der Waals surface area contributed by atoms with Crippen molar-refractivity contribution >= 4 is 56.0 Å². The summed E-state index contributed by atoms with van der Waals surface area (Å²) in [7, 11) is -3.70. The van der Waals surface area contributed by atoms with Gasteiger partial charge in [0.1, 0.15) is 0 Å². The Hall–Kier alpha value is -2.61. The third kappa shape index (κ3) is 5.93. The highest BCUT2D eigenvalue weighted by molar-refractivity contribution is 7.92. The summed E-state index contributed by atoms with van der Waals surface area (Å²) in [5.41, 5.74) is 4.29. The Labute approximate surface area is 181 Å². The summed E-state index contributed by atoms with van der Waals surface area (Å²) in [5.74, 6) is 0. The molecule has 0 unspecified atom stereocenters. The van der Waals surface area contributed by atoms with Gasteiger partial charge in [0.25, 0.3) is 10.0 Å². The Balaban J connectivity index is 1.66. The molecule has 0 amide bonds. The first-order valence-electron chi connectivity index (χ1n) is 8.76. The zero-order valence-corrected chi connectivity index (χ0v) is 18.3. The van der Waals surface area contributed by atoms with E-state index in [0.29, 0.717) is 21.5 Å². The van der Waals surface area contributed by atoms with Gasteiger partial charge in [-0.05, 0) is 97.9 Å². The fourth-order valence-electron chi connectivity index (χ4n) is 2.79. The van der Waals surface area contributed by atoms with Gasteiger partial charge in [0, 0.05) is 22.1 Å². The number of anilines is 3. The van der Waals surface area contributed by atoms with Gasteiger partial charge in [-0.1, -0.05) is 17.7 Å². The second-order valence-electron chi connectivity index (χ2n) is 6.59. The highest BCUT2D eigenvalue weighted by Gasteiger charge is 2.14. The van der Waals surface area contributed by atoms with E-state index in [-0.39, 0.29) is 4.90 Å². The van der Waals surface area contributed by atoms with Crippen LogP contribution in [0.5, 0.6) is 0 Å². The molecule has 0 heterocycles. The largest absolute Gasteiger partial charge is 0.332 e. The number of hydrogen-bond acceptors (Lipinski definition) is 3. The summed E-state index contributed by atoms with van der Waals surface area (Å²) in [4.78, 5) is 0.145. The monoisotopic (exact) mass is 445 g/mol. The second kappa shape index (κ2) is 8.82. The van der Waals surface area contributed by atoms with E-state index in [2.05, 4.69) is 21.4 Å². The van der Waals surface area contributed by atoms with E-state index in [1.54, 1.807) is 36.4 Å². The quantitative estimate of drug-likeness (QED) is 0.448. The average molecular weight is 446 g/mol. The first kappa shape index (κ1) is 21.1. The molecule has 0 aliphatic rings. The molecule has 0 aliphatic heterocycles. The third-order valence-electron chi connectivity index (χ3n) is 4.00. The summed E-state index contributed by atoms with van der Waals surface area (Å²) in [6, 6.07) is 18.9. The van der Waals surface area contributed by atoms with Crippen LogP contribution in [0.15, 0.2) is 71.6 Å². The Bertz CT molecular complexity index is 1110. The molecule has 0 aromatic heterocycles. The summed E-state index contributed by atoms with van der Waals surface area (Å²) >= 11 is 11.2. The third-order valence-corrected chi connectivity index (χ3v) is 5.85. The standard InChI is InChI=1S/C21H20ClN3O2S2/c1-14-11-15(2)13-19(12-14)24-21(28)23-17-7-9-20(10-8-17)29(26,27)25-18-5-3-16(22)4-6-18/h3-13,25H,1-2H3,(H2,23,24,28). The number of sulfonamides is 1.